The van der Waals surface area contributed by atoms with Gasteiger partial charge in [0.1, 0.15) is 5.69 Å². The van der Waals surface area contributed by atoms with E-state index in [1.807, 2.05) is 7.05 Å². The first-order valence-corrected chi connectivity index (χ1v) is 14.0. The Hall–Kier alpha value is -3.19. The average Bonchev–Trinajstić information content (AvgIpc) is 3.52. The minimum Gasteiger partial charge on any atom is -0.465 e. The molecule has 1 aromatic carbocycles. The number of carbonyl (C=O) groups excluding carboxylic acids is 2. The highest BCUT2D eigenvalue weighted by Crippen LogP contribution is 2.27. The van der Waals surface area contributed by atoms with E-state index >= 15 is 0 Å². The molecule has 208 valence electrons. The molecule has 1 fully saturated rings. The molecule has 1 unspecified atom stereocenters. The van der Waals surface area contributed by atoms with E-state index in [1.54, 1.807) is 31.4 Å². The van der Waals surface area contributed by atoms with Gasteiger partial charge in [-0.05, 0) is 44.2 Å². The number of nitrogens with zero attached hydrogens (tertiary/aromatic N) is 3. The van der Waals surface area contributed by atoms with Gasteiger partial charge in [-0.3, -0.25) is 9.59 Å². The van der Waals surface area contributed by atoms with Crippen LogP contribution in [0.15, 0.2) is 24.3 Å². The van der Waals surface area contributed by atoms with Crippen LogP contribution in [0, 0.1) is 0 Å². The van der Waals surface area contributed by atoms with Crippen molar-refractivity contribution in [1.82, 2.24) is 30.4 Å². The lowest BCUT2D eigenvalue weighted by Crippen LogP contribution is -2.66. The molecule has 5 rings (SSSR count). The van der Waals surface area contributed by atoms with Crippen molar-refractivity contribution in [3.05, 3.63) is 50.6 Å². The number of aromatic nitrogens is 2. The Balaban J connectivity index is 1.40. The second kappa shape index (κ2) is 11.5. The maximum Gasteiger partial charge on any atom is 0.407 e. The van der Waals surface area contributed by atoms with E-state index in [4.69, 9.17) is 16.3 Å². The molecule has 4 N–H and O–H groups in total. The summed E-state index contributed by atoms with van der Waals surface area (Å²) in [6.07, 6.45) is 0.374. The molecule has 0 radical (unpaired) electrons. The lowest BCUT2D eigenvalue weighted by Gasteiger charge is -2.44. The number of thiazole rings is 1. The Bertz CT molecular complexity index is 1390. The molecule has 0 spiro atoms. The summed E-state index contributed by atoms with van der Waals surface area (Å²) >= 11 is 7.45. The Morgan fingerprint density at radius 1 is 1.23 bits per heavy atom. The van der Waals surface area contributed by atoms with Gasteiger partial charge < -0.3 is 35.3 Å². The van der Waals surface area contributed by atoms with Gasteiger partial charge >= 0.3 is 6.09 Å². The quantitative estimate of drug-likeness (QED) is 0.340. The summed E-state index contributed by atoms with van der Waals surface area (Å²) in [7, 11) is 3.57. The van der Waals surface area contributed by atoms with Crippen molar-refractivity contribution in [3.8, 4) is 0 Å². The van der Waals surface area contributed by atoms with Crippen LogP contribution in [0.1, 0.15) is 43.7 Å². The minimum atomic E-state index is -1.08. The van der Waals surface area contributed by atoms with Crippen LogP contribution in [0.3, 0.4) is 0 Å². The molecule has 2 aromatic heterocycles. The molecule has 2 aliphatic heterocycles. The van der Waals surface area contributed by atoms with E-state index in [1.165, 1.54) is 16.2 Å². The normalized spacial score (nSPS) is 21.5. The van der Waals surface area contributed by atoms with Crippen LogP contribution < -0.4 is 10.6 Å². The molecule has 11 nitrogen and oxygen atoms in total. The third kappa shape index (κ3) is 5.88. The predicted octanol–water partition coefficient (Wildman–Crippen LogP) is 2.95. The van der Waals surface area contributed by atoms with Crippen LogP contribution in [0.5, 0.6) is 0 Å². The number of benzene rings is 1. The third-order valence-corrected chi connectivity index (χ3v) is 8.67. The number of likely N-dealkylation sites (tertiary alicyclic amines) is 1. The third-order valence-electron chi connectivity index (χ3n) is 7.35. The summed E-state index contributed by atoms with van der Waals surface area (Å²) in [5.41, 5.74) is 2.05. The number of H-pyrrole nitrogens is 1. The molecule has 39 heavy (non-hydrogen) atoms. The van der Waals surface area contributed by atoms with E-state index in [2.05, 4.69) is 25.5 Å². The molecular weight excluding hydrogens is 544 g/mol. The van der Waals surface area contributed by atoms with E-state index in [0.717, 1.165) is 41.0 Å². The van der Waals surface area contributed by atoms with Crippen LogP contribution >= 0.6 is 22.9 Å². The maximum atomic E-state index is 13.5. The molecule has 0 bridgehead atoms. The Kier molecular flexibility index (Phi) is 8.08. The van der Waals surface area contributed by atoms with Crippen LogP contribution in [0.25, 0.3) is 10.9 Å². The smallest absolute Gasteiger partial charge is 0.407 e. The zero-order chi connectivity index (χ0) is 27.7. The summed E-state index contributed by atoms with van der Waals surface area (Å²) in [5.74, 6) is -0.732. The number of hydrogen-bond acceptors (Lipinski definition) is 7. The first kappa shape index (κ1) is 27.4. The molecule has 2 aliphatic rings. The van der Waals surface area contributed by atoms with Gasteiger partial charge in [-0.2, -0.15) is 0 Å². The zero-order valence-corrected chi connectivity index (χ0v) is 23.3. The van der Waals surface area contributed by atoms with Crippen molar-refractivity contribution in [2.45, 2.75) is 43.9 Å². The standard InChI is InChI=1S/C26H31ClN6O5S/c1-32-8-5-17-21(13-32)39-25(30-17)24(35)31-22-18(6-9-33(26(36)37)20(22)7-10-38-2)29-23(34)19-12-14-11-15(27)3-4-16(14)28-19/h3-4,11-12,18,20,22,28H,5-10,13H2,1-2H3,(H,29,34)(H,31,35)(H,36,37)/t18-,20?,22+/m0/s1. The average molecular weight is 575 g/mol. The van der Waals surface area contributed by atoms with Crippen molar-refractivity contribution >= 4 is 51.7 Å². The molecule has 1 saturated heterocycles. The fourth-order valence-corrected chi connectivity index (χ4v) is 6.63. The van der Waals surface area contributed by atoms with Crippen molar-refractivity contribution in [3.63, 3.8) is 0 Å². The second-order valence-electron chi connectivity index (χ2n) is 9.98. The SMILES string of the molecule is COCCC1[C@H](NC(=O)c2nc3c(s2)CN(C)CC3)[C@@H](NC(=O)c2cc3cc(Cl)ccc3[nH]2)CCN1C(=O)O. The number of piperidine rings is 1. The molecule has 3 atom stereocenters. The van der Waals surface area contributed by atoms with Crippen LogP contribution in [0.2, 0.25) is 5.02 Å². The molecule has 3 aromatic rings. The number of rotatable bonds is 7. The van der Waals surface area contributed by atoms with Gasteiger partial charge in [-0.25, -0.2) is 9.78 Å². The number of likely N-dealkylation sites (N-methyl/N-ethyl adjacent to an activating group) is 1. The first-order valence-electron chi connectivity index (χ1n) is 12.8. The number of hydrogen-bond donors (Lipinski definition) is 4. The summed E-state index contributed by atoms with van der Waals surface area (Å²) in [6.45, 7) is 2.12. The van der Waals surface area contributed by atoms with Crippen LogP contribution in [-0.2, 0) is 17.7 Å². The number of aromatic amines is 1. The zero-order valence-electron chi connectivity index (χ0n) is 21.7. The summed E-state index contributed by atoms with van der Waals surface area (Å²) < 4.78 is 5.25. The Morgan fingerprint density at radius 3 is 2.82 bits per heavy atom. The molecule has 0 saturated carbocycles. The van der Waals surface area contributed by atoms with Crippen molar-refractivity contribution < 1.29 is 24.2 Å². The minimum absolute atomic E-state index is 0.210. The molecular formula is C26H31ClN6O5S. The Morgan fingerprint density at radius 2 is 2.05 bits per heavy atom. The predicted molar refractivity (Wildman–Crippen MR) is 148 cm³/mol. The van der Waals surface area contributed by atoms with E-state index in [-0.39, 0.29) is 18.4 Å². The second-order valence-corrected chi connectivity index (χ2v) is 11.5. The van der Waals surface area contributed by atoms with Gasteiger partial charge in [0.15, 0.2) is 5.01 Å². The lowest BCUT2D eigenvalue weighted by molar-refractivity contribution is 0.0500. The van der Waals surface area contributed by atoms with Crippen molar-refractivity contribution in [1.29, 1.82) is 0 Å². The number of nitrogens with one attached hydrogen (secondary N) is 3. The van der Waals surface area contributed by atoms with Gasteiger partial charge in [0.2, 0.25) is 0 Å². The summed E-state index contributed by atoms with van der Waals surface area (Å²) in [4.78, 5) is 51.1. The number of carbonyl (C=O) groups is 3. The summed E-state index contributed by atoms with van der Waals surface area (Å²) in [5, 5.41) is 17.7. The highest BCUT2D eigenvalue weighted by molar-refractivity contribution is 7.13. The number of fused-ring (bicyclic) bond motifs is 2. The number of methoxy groups -OCH3 is 1. The number of carboxylic acid groups (broad SMARTS) is 1. The highest BCUT2D eigenvalue weighted by atomic mass is 35.5. The van der Waals surface area contributed by atoms with Gasteiger partial charge in [0.25, 0.3) is 11.8 Å². The van der Waals surface area contributed by atoms with Crippen molar-refractivity contribution in [2.24, 2.45) is 0 Å². The van der Waals surface area contributed by atoms with Crippen molar-refractivity contribution in [2.75, 3.05) is 33.9 Å². The molecule has 4 heterocycles. The molecule has 13 heteroatoms. The van der Waals surface area contributed by atoms with Gasteiger partial charge in [-0.1, -0.05) is 11.6 Å². The van der Waals surface area contributed by atoms with Gasteiger partial charge in [0, 0.05) is 60.6 Å². The molecule has 3 amide bonds. The van der Waals surface area contributed by atoms with Crippen LogP contribution in [0.4, 0.5) is 4.79 Å². The molecule has 0 aliphatic carbocycles. The largest absolute Gasteiger partial charge is 0.465 e. The van der Waals surface area contributed by atoms with Gasteiger partial charge in [0.05, 0.1) is 23.8 Å². The maximum absolute atomic E-state index is 13.5. The number of ether oxygens (including phenoxy) is 1. The monoisotopic (exact) mass is 574 g/mol. The highest BCUT2D eigenvalue weighted by Gasteiger charge is 2.42. The topological polar surface area (TPSA) is 140 Å². The number of halogens is 1. The fourth-order valence-electron chi connectivity index (χ4n) is 5.36. The lowest BCUT2D eigenvalue weighted by atomic mass is 9.89. The Labute approximate surface area is 234 Å². The van der Waals surface area contributed by atoms with E-state index in [9.17, 15) is 19.5 Å². The van der Waals surface area contributed by atoms with Crippen LogP contribution in [-0.4, -0.2) is 94.8 Å². The van der Waals surface area contributed by atoms with E-state index in [0.29, 0.717) is 35.2 Å². The van der Waals surface area contributed by atoms with E-state index < -0.39 is 24.2 Å². The summed E-state index contributed by atoms with van der Waals surface area (Å²) in [6, 6.07) is 5.21. The van der Waals surface area contributed by atoms with Gasteiger partial charge in [-0.15, -0.1) is 11.3 Å². The fraction of sp³-hybridized carbons (Fsp3) is 0.462. The number of amides is 3. The first-order chi connectivity index (χ1) is 18.7.